The van der Waals surface area contributed by atoms with E-state index < -0.39 is 0 Å². The number of likely N-dealkylation sites (N-methyl/N-ethyl adjacent to an activating group) is 1. The van der Waals surface area contributed by atoms with Gasteiger partial charge >= 0.3 is 0 Å². The largest absolute Gasteiger partial charge is 0.335 e. The van der Waals surface area contributed by atoms with Crippen molar-refractivity contribution in [1.29, 1.82) is 0 Å². The van der Waals surface area contributed by atoms with Gasteiger partial charge in [0.15, 0.2) is 0 Å². The van der Waals surface area contributed by atoms with E-state index in [1.807, 2.05) is 25.8 Å². The first kappa shape index (κ1) is 8.84. The Morgan fingerprint density at radius 2 is 1.67 bits per heavy atom. The first-order valence-corrected chi connectivity index (χ1v) is 3.85. The predicted molar refractivity (Wildman–Crippen MR) is 48.0 cm³/mol. The number of amides is 1. The maximum Gasteiger partial charge on any atom is 0.256 e. The van der Waals surface area contributed by atoms with Crippen molar-refractivity contribution >= 4 is 5.91 Å². The molecule has 1 rings (SSSR count). The molecule has 0 fully saturated rings. The summed E-state index contributed by atoms with van der Waals surface area (Å²) < 4.78 is 0. The molecule has 0 saturated carbocycles. The van der Waals surface area contributed by atoms with E-state index in [0.717, 1.165) is 17.1 Å². The van der Waals surface area contributed by atoms with Crippen LogP contribution in [0.2, 0.25) is 0 Å². The first-order valence-electron chi connectivity index (χ1n) is 3.85. The molecule has 3 heteroatoms. The second-order valence-electron chi connectivity index (χ2n) is 3.05. The van der Waals surface area contributed by atoms with Gasteiger partial charge < -0.3 is 4.90 Å². The highest BCUT2D eigenvalue weighted by molar-refractivity contribution is 5.95. The third-order valence-electron chi connectivity index (χ3n) is 2.45. The highest BCUT2D eigenvalue weighted by atomic mass is 16.2. The Balaban J connectivity index is 3.17. The van der Waals surface area contributed by atoms with E-state index in [9.17, 15) is 4.79 Å². The van der Waals surface area contributed by atoms with Crippen LogP contribution in [-0.4, -0.2) is 29.8 Å². The van der Waals surface area contributed by atoms with Gasteiger partial charge in [-0.25, -0.2) is 0 Å². The molecule has 0 bridgehead atoms. The van der Waals surface area contributed by atoms with Gasteiger partial charge in [-0.05, 0) is 13.8 Å². The van der Waals surface area contributed by atoms with E-state index in [1.54, 1.807) is 11.9 Å². The minimum atomic E-state index is 0.0376. The molecule has 0 atom stereocenters. The molecule has 0 N–H and O–H groups in total. The molecule has 12 heavy (non-hydrogen) atoms. The lowest BCUT2D eigenvalue weighted by molar-refractivity contribution is -0.126. The summed E-state index contributed by atoms with van der Waals surface area (Å²) >= 11 is 0. The topological polar surface area (TPSA) is 23.6 Å². The molecule has 1 aliphatic rings. The summed E-state index contributed by atoms with van der Waals surface area (Å²) in [6, 6.07) is 0. The number of hydrogen-bond acceptors (Lipinski definition) is 2. The van der Waals surface area contributed by atoms with Crippen LogP contribution >= 0.6 is 0 Å². The SMILES string of the molecule is C=C1N(C)C(=O)C(C)=C(C)N1C. The molecule has 0 aliphatic carbocycles. The van der Waals surface area contributed by atoms with Crippen molar-refractivity contribution in [1.82, 2.24) is 9.80 Å². The highest BCUT2D eigenvalue weighted by Gasteiger charge is 2.25. The molecular weight excluding hydrogens is 152 g/mol. The Morgan fingerprint density at radius 3 is 2.17 bits per heavy atom. The van der Waals surface area contributed by atoms with Gasteiger partial charge in [-0.3, -0.25) is 9.69 Å². The number of nitrogens with zero attached hydrogens (tertiary/aromatic N) is 2. The second kappa shape index (κ2) is 2.66. The molecule has 3 nitrogen and oxygen atoms in total. The zero-order chi connectivity index (χ0) is 9.46. The lowest BCUT2D eigenvalue weighted by atomic mass is 10.1. The Kier molecular flexibility index (Phi) is 1.96. The molecule has 66 valence electrons. The van der Waals surface area contributed by atoms with Crippen LogP contribution in [0, 0.1) is 0 Å². The summed E-state index contributed by atoms with van der Waals surface area (Å²) in [6.45, 7) is 7.56. The lowest BCUT2D eigenvalue weighted by Crippen LogP contribution is -2.39. The summed E-state index contributed by atoms with van der Waals surface area (Å²) in [5.74, 6) is 0.763. The van der Waals surface area contributed by atoms with Crippen LogP contribution in [0.4, 0.5) is 0 Å². The molecule has 0 unspecified atom stereocenters. The van der Waals surface area contributed by atoms with E-state index in [-0.39, 0.29) is 5.91 Å². The van der Waals surface area contributed by atoms with E-state index in [1.165, 1.54) is 0 Å². The Morgan fingerprint density at radius 1 is 1.17 bits per heavy atom. The molecule has 0 spiro atoms. The van der Waals surface area contributed by atoms with Gasteiger partial charge in [0.1, 0.15) is 5.82 Å². The number of rotatable bonds is 0. The van der Waals surface area contributed by atoms with Crippen LogP contribution in [0.15, 0.2) is 23.7 Å². The van der Waals surface area contributed by atoms with Crippen LogP contribution < -0.4 is 0 Å². The molecule has 0 aromatic rings. The van der Waals surface area contributed by atoms with Crippen molar-refractivity contribution in [2.24, 2.45) is 0 Å². The standard InChI is InChI=1S/C9H14N2O/c1-6-7(2)10(4)8(3)11(5)9(6)12/h3H2,1-2,4-5H3. The molecule has 1 amide bonds. The third kappa shape index (κ3) is 1.02. The van der Waals surface area contributed by atoms with E-state index in [4.69, 9.17) is 0 Å². The van der Waals surface area contributed by atoms with Crippen molar-refractivity contribution in [3.8, 4) is 0 Å². The predicted octanol–water partition coefficient (Wildman–Crippen LogP) is 1.16. The third-order valence-corrected chi connectivity index (χ3v) is 2.45. The highest BCUT2D eigenvalue weighted by Crippen LogP contribution is 2.22. The van der Waals surface area contributed by atoms with Crippen molar-refractivity contribution in [3.05, 3.63) is 23.7 Å². The minimum absolute atomic E-state index is 0.0376. The summed E-state index contributed by atoms with van der Waals surface area (Å²) in [7, 11) is 3.64. The maximum atomic E-state index is 11.5. The first-order chi connectivity index (χ1) is 5.46. The van der Waals surface area contributed by atoms with E-state index in [2.05, 4.69) is 6.58 Å². The number of hydrogen-bond donors (Lipinski definition) is 0. The summed E-state index contributed by atoms with van der Waals surface area (Å²) in [4.78, 5) is 14.9. The number of carbonyl (C=O) groups excluding carboxylic acids is 1. The summed E-state index contributed by atoms with van der Waals surface area (Å²) in [5.41, 5.74) is 1.76. The zero-order valence-corrected chi connectivity index (χ0v) is 8.01. The molecule has 0 radical (unpaired) electrons. The van der Waals surface area contributed by atoms with E-state index >= 15 is 0 Å². The summed E-state index contributed by atoms with van der Waals surface area (Å²) in [5, 5.41) is 0. The van der Waals surface area contributed by atoms with Crippen LogP contribution in [0.25, 0.3) is 0 Å². The molecular formula is C9H14N2O. The van der Waals surface area contributed by atoms with Crippen molar-refractivity contribution in [3.63, 3.8) is 0 Å². The molecule has 0 aromatic heterocycles. The maximum absolute atomic E-state index is 11.5. The number of carbonyl (C=O) groups is 1. The quantitative estimate of drug-likeness (QED) is 0.539. The molecule has 1 aliphatic heterocycles. The molecule has 0 saturated heterocycles. The van der Waals surface area contributed by atoms with Gasteiger partial charge in [-0.15, -0.1) is 0 Å². The Bertz CT molecular complexity index is 278. The van der Waals surface area contributed by atoms with Crippen LogP contribution in [-0.2, 0) is 4.79 Å². The average Bonchev–Trinajstić information content (AvgIpc) is 2.08. The van der Waals surface area contributed by atoms with Crippen molar-refractivity contribution in [2.75, 3.05) is 14.1 Å². The normalized spacial score (nSPS) is 19.3. The second-order valence-corrected chi connectivity index (χ2v) is 3.05. The van der Waals surface area contributed by atoms with Crippen LogP contribution in [0.1, 0.15) is 13.8 Å². The smallest absolute Gasteiger partial charge is 0.256 e. The van der Waals surface area contributed by atoms with Gasteiger partial charge in [0.25, 0.3) is 5.91 Å². The molecule has 0 aromatic carbocycles. The van der Waals surface area contributed by atoms with Crippen molar-refractivity contribution < 1.29 is 4.79 Å². The van der Waals surface area contributed by atoms with Gasteiger partial charge in [0.05, 0.1) is 0 Å². The van der Waals surface area contributed by atoms with Crippen LogP contribution in [0.5, 0.6) is 0 Å². The Labute approximate surface area is 73.0 Å². The lowest BCUT2D eigenvalue weighted by Gasteiger charge is -2.35. The summed E-state index contributed by atoms with van der Waals surface area (Å²) in [6.07, 6.45) is 0. The monoisotopic (exact) mass is 166 g/mol. The van der Waals surface area contributed by atoms with E-state index in [0.29, 0.717) is 0 Å². The fourth-order valence-corrected chi connectivity index (χ4v) is 1.19. The van der Waals surface area contributed by atoms with Gasteiger partial charge in [0.2, 0.25) is 0 Å². The zero-order valence-electron chi connectivity index (χ0n) is 8.01. The van der Waals surface area contributed by atoms with Crippen molar-refractivity contribution in [2.45, 2.75) is 13.8 Å². The van der Waals surface area contributed by atoms with Gasteiger partial charge in [-0.1, -0.05) is 6.58 Å². The fourth-order valence-electron chi connectivity index (χ4n) is 1.19. The Hall–Kier alpha value is -1.25. The fraction of sp³-hybridized carbons (Fsp3) is 0.444. The molecule has 1 heterocycles. The average molecular weight is 166 g/mol. The number of allylic oxidation sites excluding steroid dienone is 1. The van der Waals surface area contributed by atoms with Crippen LogP contribution in [0.3, 0.4) is 0 Å². The van der Waals surface area contributed by atoms with Gasteiger partial charge in [-0.2, -0.15) is 0 Å². The minimum Gasteiger partial charge on any atom is -0.335 e. The van der Waals surface area contributed by atoms with Gasteiger partial charge in [0, 0.05) is 25.4 Å².